The zero-order valence-electron chi connectivity index (χ0n) is 17.1. The van der Waals surface area contributed by atoms with Gasteiger partial charge in [-0.2, -0.15) is 0 Å². The minimum Gasteiger partial charge on any atom is -0.507 e. The highest BCUT2D eigenvalue weighted by Crippen LogP contribution is 2.36. The van der Waals surface area contributed by atoms with Crippen LogP contribution in [-0.4, -0.2) is 31.6 Å². The summed E-state index contributed by atoms with van der Waals surface area (Å²) in [5.74, 6) is -4.67. The molecule has 0 spiro atoms. The smallest absolute Gasteiger partial charge is 0.353 e. The van der Waals surface area contributed by atoms with Gasteiger partial charge in [-0.15, -0.1) is 0 Å². The van der Waals surface area contributed by atoms with Crippen molar-refractivity contribution in [2.24, 2.45) is 5.73 Å². The predicted octanol–water partition coefficient (Wildman–Crippen LogP) is 3.13. The number of aromatic hydroxyl groups is 1. The number of carbonyl (C=O) groups excluding carboxylic acids is 1. The predicted molar refractivity (Wildman–Crippen MR) is 115 cm³/mol. The number of pyridine rings is 1. The van der Waals surface area contributed by atoms with Crippen LogP contribution in [0.2, 0.25) is 0 Å². The van der Waals surface area contributed by atoms with Crippen LogP contribution in [-0.2, 0) is 6.54 Å². The quantitative estimate of drug-likeness (QED) is 0.368. The Labute approximate surface area is 184 Å². The van der Waals surface area contributed by atoms with Crippen molar-refractivity contribution in [3.8, 4) is 16.9 Å². The third-order valence-electron chi connectivity index (χ3n) is 5.39. The molecule has 1 amide bonds. The molecule has 8 nitrogen and oxygen atoms in total. The number of hydrogen-bond acceptors (Lipinski definition) is 4. The molecule has 0 bridgehead atoms. The van der Waals surface area contributed by atoms with Crippen molar-refractivity contribution in [2.45, 2.75) is 13.5 Å². The van der Waals surface area contributed by atoms with Crippen molar-refractivity contribution in [3.05, 3.63) is 87.0 Å². The van der Waals surface area contributed by atoms with Crippen LogP contribution in [0.1, 0.15) is 32.0 Å². The Morgan fingerprint density at radius 1 is 1.15 bits per heavy atom. The number of nitrogens with zero attached hydrogens (tertiary/aromatic N) is 1. The van der Waals surface area contributed by atoms with Crippen molar-refractivity contribution in [3.63, 3.8) is 0 Å². The van der Waals surface area contributed by atoms with E-state index < -0.39 is 41.4 Å². The number of carboxylic acid groups (broad SMARTS) is 1. The molecule has 4 rings (SSSR count). The average Bonchev–Trinajstić information content (AvgIpc) is 3.03. The molecule has 5 N–H and O–H groups in total. The van der Waals surface area contributed by atoms with Gasteiger partial charge in [0.1, 0.15) is 23.1 Å². The lowest BCUT2D eigenvalue weighted by Gasteiger charge is -2.12. The second-order valence-electron chi connectivity index (χ2n) is 7.47. The Bertz CT molecular complexity index is 1520. The number of rotatable bonds is 5. The summed E-state index contributed by atoms with van der Waals surface area (Å²) >= 11 is 0. The molecule has 4 aromatic rings. The summed E-state index contributed by atoms with van der Waals surface area (Å²) in [7, 11) is 0. The molecule has 168 valence electrons. The van der Waals surface area contributed by atoms with Crippen molar-refractivity contribution < 1.29 is 28.6 Å². The highest BCUT2D eigenvalue weighted by atomic mass is 19.1. The number of phenols is 1. The van der Waals surface area contributed by atoms with Gasteiger partial charge < -0.3 is 25.5 Å². The lowest BCUT2D eigenvalue weighted by molar-refractivity contribution is 0.0686. The van der Waals surface area contributed by atoms with Gasteiger partial charge in [-0.3, -0.25) is 9.59 Å². The van der Waals surface area contributed by atoms with E-state index in [1.54, 1.807) is 0 Å². The highest BCUT2D eigenvalue weighted by Gasteiger charge is 2.27. The molecule has 0 unspecified atom stereocenters. The van der Waals surface area contributed by atoms with Crippen LogP contribution in [0.4, 0.5) is 8.78 Å². The van der Waals surface area contributed by atoms with Crippen LogP contribution < -0.4 is 11.3 Å². The number of carbonyl (C=O) groups is 2. The largest absolute Gasteiger partial charge is 0.507 e. The number of primary amides is 1. The monoisotopic (exact) mass is 453 g/mol. The fourth-order valence-electron chi connectivity index (χ4n) is 3.85. The normalized spacial score (nSPS) is 11.1. The molecule has 0 saturated heterocycles. The molecule has 0 radical (unpaired) electrons. The number of nitrogens with one attached hydrogen (secondary N) is 1. The Morgan fingerprint density at radius 2 is 1.88 bits per heavy atom. The van der Waals surface area contributed by atoms with Crippen LogP contribution >= 0.6 is 0 Å². The molecule has 0 saturated carbocycles. The van der Waals surface area contributed by atoms with Gasteiger partial charge in [0.05, 0.1) is 17.6 Å². The van der Waals surface area contributed by atoms with Gasteiger partial charge in [-0.25, -0.2) is 13.6 Å². The summed E-state index contributed by atoms with van der Waals surface area (Å²) in [5, 5.41) is 20.1. The number of fused-ring (bicyclic) bond motifs is 1. The molecular formula is C23H17F2N3O5. The summed E-state index contributed by atoms with van der Waals surface area (Å²) in [4.78, 5) is 38.9. The Balaban J connectivity index is 2.09. The van der Waals surface area contributed by atoms with Gasteiger partial charge in [-0.05, 0) is 42.8 Å². The minimum absolute atomic E-state index is 0.0358. The first kappa shape index (κ1) is 21.8. The van der Waals surface area contributed by atoms with Crippen LogP contribution in [0.25, 0.3) is 22.0 Å². The number of aromatic nitrogens is 2. The molecule has 2 aromatic carbocycles. The molecular weight excluding hydrogens is 436 g/mol. The average molecular weight is 453 g/mol. The lowest BCUT2D eigenvalue weighted by atomic mass is 10.0. The number of benzene rings is 2. The van der Waals surface area contributed by atoms with E-state index >= 15 is 0 Å². The van der Waals surface area contributed by atoms with Crippen molar-refractivity contribution in [2.75, 3.05) is 0 Å². The number of aromatic amines is 1. The Morgan fingerprint density at radius 3 is 2.52 bits per heavy atom. The summed E-state index contributed by atoms with van der Waals surface area (Å²) in [6.45, 7) is 1.04. The van der Waals surface area contributed by atoms with Gasteiger partial charge >= 0.3 is 5.97 Å². The second kappa shape index (κ2) is 7.90. The highest BCUT2D eigenvalue weighted by molar-refractivity contribution is 6.08. The van der Waals surface area contributed by atoms with Crippen molar-refractivity contribution >= 4 is 22.8 Å². The van der Waals surface area contributed by atoms with E-state index in [-0.39, 0.29) is 44.4 Å². The van der Waals surface area contributed by atoms with Gasteiger partial charge in [0.2, 0.25) is 0 Å². The van der Waals surface area contributed by atoms with Crippen LogP contribution in [0.5, 0.6) is 5.75 Å². The second-order valence-corrected chi connectivity index (χ2v) is 7.47. The van der Waals surface area contributed by atoms with Crippen LogP contribution in [0, 0.1) is 18.6 Å². The fourth-order valence-corrected chi connectivity index (χ4v) is 3.85. The van der Waals surface area contributed by atoms with Crippen molar-refractivity contribution in [1.29, 1.82) is 0 Å². The van der Waals surface area contributed by atoms with Crippen LogP contribution in [0.15, 0.2) is 47.4 Å². The number of halogens is 2. The van der Waals surface area contributed by atoms with Crippen LogP contribution in [0.3, 0.4) is 0 Å². The summed E-state index contributed by atoms with van der Waals surface area (Å²) in [5.41, 5.74) is 4.14. The molecule has 2 heterocycles. The molecule has 33 heavy (non-hydrogen) atoms. The zero-order chi connectivity index (χ0) is 24.0. The number of amides is 1. The Kier molecular flexibility index (Phi) is 5.21. The summed E-state index contributed by atoms with van der Waals surface area (Å²) < 4.78 is 30.3. The maximum Gasteiger partial charge on any atom is 0.353 e. The molecule has 0 atom stereocenters. The number of carboxylic acids is 1. The van der Waals surface area contributed by atoms with E-state index in [0.29, 0.717) is 6.07 Å². The summed E-state index contributed by atoms with van der Waals surface area (Å²) in [6.07, 6.45) is 1.38. The van der Waals surface area contributed by atoms with Gasteiger partial charge in [0.15, 0.2) is 0 Å². The molecule has 0 aliphatic carbocycles. The fraction of sp³-hybridized carbons (Fsp3) is 0.0870. The third kappa shape index (κ3) is 3.61. The van der Waals surface area contributed by atoms with Gasteiger partial charge in [-0.1, -0.05) is 0 Å². The maximum absolute atomic E-state index is 14.6. The number of aryl methyl sites for hydroxylation is 1. The first-order valence-electron chi connectivity index (χ1n) is 9.65. The topological polar surface area (TPSA) is 138 Å². The molecule has 2 aromatic heterocycles. The summed E-state index contributed by atoms with van der Waals surface area (Å²) in [6, 6.07) is 7.15. The first-order chi connectivity index (χ1) is 15.6. The molecule has 0 fully saturated rings. The molecule has 0 aliphatic rings. The zero-order valence-corrected chi connectivity index (χ0v) is 17.1. The first-order valence-corrected chi connectivity index (χ1v) is 9.65. The standard InChI is InChI=1S/C23H17F2N3O5/c1-10-5-13-17(7-15(10)24)28(9-11-6-14(21(26)30)18(29)8-16(11)25)20(23(32)33)19(13)12-3-2-4-27-22(12)31/h2-8,29H,9H2,1H3,(H2,26,30)(H,27,31)(H,32,33). The van der Waals surface area contributed by atoms with E-state index in [4.69, 9.17) is 5.73 Å². The number of hydrogen-bond donors (Lipinski definition) is 4. The van der Waals surface area contributed by atoms with Crippen molar-refractivity contribution in [1.82, 2.24) is 9.55 Å². The van der Waals surface area contributed by atoms with E-state index in [1.165, 1.54) is 31.3 Å². The number of H-pyrrole nitrogens is 1. The maximum atomic E-state index is 14.6. The van der Waals surface area contributed by atoms with Gasteiger partial charge in [0, 0.05) is 34.3 Å². The van der Waals surface area contributed by atoms with E-state index in [9.17, 15) is 33.4 Å². The Hall–Kier alpha value is -4.47. The molecule has 10 heteroatoms. The van der Waals surface area contributed by atoms with Gasteiger partial charge in [0.25, 0.3) is 11.5 Å². The number of nitrogens with two attached hydrogens (primary N) is 1. The third-order valence-corrected chi connectivity index (χ3v) is 5.39. The SMILES string of the molecule is Cc1cc2c(-c3ccc[nH]c3=O)c(C(=O)O)n(Cc3cc(C(N)=O)c(O)cc3F)c2cc1F. The lowest BCUT2D eigenvalue weighted by Crippen LogP contribution is -2.15. The van der Waals surface area contributed by atoms with E-state index in [2.05, 4.69) is 4.98 Å². The van der Waals surface area contributed by atoms with E-state index in [1.807, 2.05) is 0 Å². The molecule has 0 aliphatic heterocycles. The van der Waals surface area contributed by atoms with E-state index in [0.717, 1.165) is 16.7 Å². The minimum atomic E-state index is -1.43. The number of aromatic carboxylic acids is 1.